The van der Waals surface area contributed by atoms with Crippen LogP contribution in [0.5, 0.6) is 5.75 Å². The van der Waals surface area contributed by atoms with Crippen LogP contribution in [-0.2, 0) is 0 Å². The van der Waals surface area contributed by atoms with Crippen LogP contribution < -0.4 is 4.74 Å². The van der Waals surface area contributed by atoms with Gasteiger partial charge in [0.1, 0.15) is 23.8 Å². The summed E-state index contributed by atoms with van der Waals surface area (Å²) in [5.41, 5.74) is -0.883. The highest BCUT2D eigenvalue weighted by molar-refractivity contribution is 5.22. The Kier molecular flexibility index (Phi) is 4.77. The average molecular weight is 267 g/mol. The Morgan fingerprint density at radius 2 is 1.84 bits per heavy atom. The topological polar surface area (TPSA) is 32.7 Å². The number of halogens is 1. The maximum Gasteiger partial charge on any atom is 0.123 e. The molecule has 1 aliphatic rings. The molecule has 1 atom stereocenters. The standard InChI is InChI=1S/C15H22FNO2/c1-15(18,11-17-9-3-2-4-10-17)12-19-14-7-5-13(16)6-8-14/h5-8,18H,2-4,9-12H2,1H3/t15-/m1/s1. The maximum atomic E-state index is 12.8. The Balaban J connectivity index is 1.81. The van der Waals surface area contributed by atoms with Crippen molar-refractivity contribution in [3.8, 4) is 5.75 Å². The van der Waals surface area contributed by atoms with Crippen LogP contribution in [0.15, 0.2) is 24.3 Å². The molecule has 1 aromatic rings. The van der Waals surface area contributed by atoms with Crippen LogP contribution in [0, 0.1) is 5.82 Å². The molecular formula is C15H22FNO2. The molecule has 2 rings (SSSR count). The van der Waals surface area contributed by atoms with Gasteiger partial charge in [-0.25, -0.2) is 4.39 Å². The van der Waals surface area contributed by atoms with Gasteiger partial charge in [0, 0.05) is 6.54 Å². The third kappa shape index (κ3) is 4.80. The minimum absolute atomic E-state index is 0.217. The number of piperidine rings is 1. The first kappa shape index (κ1) is 14.3. The minimum Gasteiger partial charge on any atom is -0.491 e. The number of hydrogen-bond donors (Lipinski definition) is 1. The SMILES string of the molecule is C[C@](O)(COc1ccc(F)cc1)CN1CCCCC1. The number of benzene rings is 1. The van der Waals surface area contributed by atoms with Gasteiger partial charge in [-0.2, -0.15) is 0 Å². The van der Waals surface area contributed by atoms with Gasteiger partial charge in [-0.05, 0) is 57.1 Å². The van der Waals surface area contributed by atoms with Crippen molar-refractivity contribution in [1.82, 2.24) is 4.90 Å². The minimum atomic E-state index is -0.883. The van der Waals surface area contributed by atoms with E-state index in [2.05, 4.69) is 4.90 Å². The Bertz CT molecular complexity index is 386. The molecule has 0 aliphatic carbocycles. The molecule has 1 saturated heterocycles. The summed E-state index contributed by atoms with van der Waals surface area (Å²) in [6.07, 6.45) is 3.69. The molecule has 1 heterocycles. The zero-order valence-electron chi connectivity index (χ0n) is 11.4. The van der Waals surface area contributed by atoms with E-state index in [1.165, 1.54) is 31.4 Å². The first-order valence-electron chi connectivity index (χ1n) is 6.88. The molecule has 0 saturated carbocycles. The third-order valence-corrected chi connectivity index (χ3v) is 3.38. The van der Waals surface area contributed by atoms with Gasteiger partial charge in [0.05, 0.1) is 0 Å². The first-order chi connectivity index (χ1) is 9.05. The van der Waals surface area contributed by atoms with Gasteiger partial charge in [0.2, 0.25) is 0 Å². The number of rotatable bonds is 5. The van der Waals surface area contributed by atoms with Crippen molar-refractivity contribution in [3.05, 3.63) is 30.1 Å². The fourth-order valence-electron chi connectivity index (χ4n) is 2.41. The molecule has 0 radical (unpaired) electrons. The second-order valence-electron chi connectivity index (χ2n) is 5.58. The number of β-amino-alcohol motifs (C(OH)–C–C–N with tert-alkyl or cyclic N) is 1. The van der Waals surface area contributed by atoms with E-state index in [4.69, 9.17) is 4.74 Å². The lowest BCUT2D eigenvalue weighted by atomic mass is 10.0. The fraction of sp³-hybridized carbons (Fsp3) is 0.600. The van der Waals surface area contributed by atoms with E-state index in [9.17, 15) is 9.50 Å². The average Bonchev–Trinajstić information content (AvgIpc) is 2.39. The molecule has 0 aromatic heterocycles. The molecule has 4 heteroatoms. The van der Waals surface area contributed by atoms with E-state index < -0.39 is 5.60 Å². The lowest BCUT2D eigenvalue weighted by Gasteiger charge is -2.33. The molecular weight excluding hydrogens is 245 g/mol. The number of aliphatic hydroxyl groups is 1. The maximum absolute atomic E-state index is 12.8. The Morgan fingerprint density at radius 1 is 1.21 bits per heavy atom. The van der Waals surface area contributed by atoms with Gasteiger partial charge in [-0.3, -0.25) is 0 Å². The number of likely N-dealkylation sites (tertiary alicyclic amines) is 1. The molecule has 0 amide bonds. The Morgan fingerprint density at radius 3 is 2.47 bits per heavy atom. The summed E-state index contributed by atoms with van der Waals surface area (Å²) in [4.78, 5) is 2.28. The third-order valence-electron chi connectivity index (χ3n) is 3.38. The smallest absolute Gasteiger partial charge is 0.123 e. The van der Waals surface area contributed by atoms with Crippen molar-refractivity contribution in [2.75, 3.05) is 26.2 Å². The summed E-state index contributed by atoms with van der Waals surface area (Å²) in [6.45, 7) is 4.72. The van der Waals surface area contributed by atoms with Crippen molar-refractivity contribution in [3.63, 3.8) is 0 Å². The van der Waals surface area contributed by atoms with Crippen LogP contribution in [0.4, 0.5) is 4.39 Å². The molecule has 0 spiro atoms. The van der Waals surface area contributed by atoms with Gasteiger partial charge < -0.3 is 14.7 Å². The normalized spacial score (nSPS) is 19.9. The second kappa shape index (κ2) is 6.35. The summed E-state index contributed by atoms with van der Waals surface area (Å²) in [7, 11) is 0. The lowest BCUT2D eigenvalue weighted by Crippen LogP contribution is -2.46. The number of hydrogen-bond acceptors (Lipinski definition) is 3. The molecule has 0 unspecified atom stereocenters. The summed E-state index contributed by atoms with van der Waals surface area (Å²) in [6, 6.07) is 5.86. The Hall–Kier alpha value is -1.13. The molecule has 1 aromatic carbocycles. The van der Waals surface area contributed by atoms with E-state index in [0.717, 1.165) is 13.1 Å². The molecule has 1 fully saturated rings. The van der Waals surface area contributed by atoms with Crippen molar-refractivity contribution < 1.29 is 14.2 Å². The van der Waals surface area contributed by atoms with Crippen LogP contribution >= 0.6 is 0 Å². The van der Waals surface area contributed by atoms with Gasteiger partial charge >= 0.3 is 0 Å². The van der Waals surface area contributed by atoms with Gasteiger partial charge in [0.15, 0.2) is 0 Å². The highest BCUT2D eigenvalue weighted by Crippen LogP contribution is 2.16. The predicted molar refractivity (Wildman–Crippen MR) is 72.8 cm³/mol. The van der Waals surface area contributed by atoms with Gasteiger partial charge in [-0.1, -0.05) is 6.42 Å². The van der Waals surface area contributed by atoms with E-state index in [1.54, 1.807) is 19.1 Å². The summed E-state index contributed by atoms with van der Waals surface area (Å²) in [5.74, 6) is 0.299. The van der Waals surface area contributed by atoms with Crippen LogP contribution in [0.25, 0.3) is 0 Å². The van der Waals surface area contributed by atoms with E-state index in [0.29, 0.717) is 12.3 Å². The fourth-order valence-corrected chi connectivity index (χ4v) is 2.41. The van der Waals surface area contributed by atoms with Crippen LogP contribution in [0.1, 0.15) is 26.2 Å². The van der Waals surface area contributed by atoms with Crippen LogP contribution in [0.3, 0.4) is 0 Å². The highest BCUT2D eigenvalue weighted by atomic mass is 19.1. The zero-order valence-corrected chi connectivity index (χ0v) is 11.4. The molecule has 19 heavy (non-hydrogen) atoms. The lowest BCUT2D eigenvalue weighted by molar-refractivity contribution is -0.0210. The molecule has 106 valence electrons. The summed E-state index contributed by atoms with van der Waals surface area (Å²) >= 11 is 0. The molecule has 0 bridgehead atoms. The number of ether oxygens (including phenoxy) is 1. The summed E-state index contributed by atoms with van der Waals surface area (Å²) in [5, 5.41) is 10.3. The molecule has 3 nitrogen and oxygen atoms in total. The largest absolute Gasteiger partial charge is 0.491 e. The molecule has 1 N–H and O–H groups in total. The van der Waals surface area contributed by atoms with Gasteiger partial charge in [-0.15, -0.1) is 0 Å². The van der Waals surface area contributed by atoms with E-state index in [1.807, 2.05) is 0 Å². The highest BCUT2D eigenvalue weighted by Gasteiger charge is 2.25. The van der Waals surface area contributed by atoms with Crippen LogP contribution in [-0.4, -0.2) is 41.8 Å². The monoisotopic (exact) mass is 267 g/mol. The van der Waals surface area contributed by atoms with Crippen molar-refractivity contribution in [2.45, 2.75) is 31.8 Å². The second-order valence-corrected chi connectivity index (χ2v) is 5.58. The van der Waals surface area contributed by atoms with Crippen molar-refractivity contribution >= 4 is 0 Å². The van der Waals surface area contributed by atoms with E-state index in [-0.39, 0.29) is 12.4 Å². The summed E-state index contributed by atoms with van der Waals surface area (Å²) < 4.78 is 18.3. The van der Waals surface area contributed by atoms with Gasteiger partial charge in [0.25, 0.3) is 0 Å². The number of nitrogens with zero attached hydrogens (tertiary/aromatic N) is 1. The molecule has 1 aliphatic heterocycles. The van der Waals surface area contributed by atoms with Crippen LogP contribution in [0.2, 0.25) is 0 Å². The van der Waals surface area contributed by atoms with Crippen molar-refractivity contribution in [1.29, 1.82) is 0 Å². The zero-order chi connectivity index (χ0) is 13.7. The predicted octanol–water partition coefficient (Wildman–Crippen LogP) is 2.44. The van der Waals surface area contributed by atoms with Crippen molar-refractivity contribution in [2.24, 2.45) is 0 Å². The quantitative estimate of drug-likeness (QED) is 0.889. The van der Waals surface area contributed by atoms with E-state index >= 15 is 0 Å². The first-order valence-corrected chi connectivity index (χ1v) is 6.88. The Labute approximate surface area is 114 Å².